The third kappa shape index (κ3) is 5.12. The van der Waals surface area contributed by atoms with Crippen molar-refractivity contribution in [3.05, 3.63) is 53.7 Å². The number of thioether (sulfide) groups is 1. The summed E-state index contributed by atoms with van der Waals surface area (Å²) in [4.78, 5) is 18.8. The minimum Gasteiger partial charge on any atom is -0.495 e. The van der Waals surface area contributed by atoms with E-state index in [1.165, 1.54) is 18.3 Å². The second-order valence-corrected chi connectivity index (χ2v) is 9.50. The predicted octanol–water partition coefficient (Wildman–Crippen LogP) is 5.64. The van der Waals surface area contributed by atoms with Crippen LogP contribution in [0.15, 0.2) is 57.6 Å². The first-order chi connectivity index (χ1) is 16.0. The first-order valence-corrected chi connectivity index (χ1v) is 12.3. The molecule has 4 aromatic rings. The Balaban J connectivity index is 1.55. The molecule has 1 aromatic carbocycles. The maximum Gasteiger partial charge on any atom is 0.230 e. The molecule has 0 fully saturated rings. The van der Waals surface area contributed by atoms with E-state index in [0.717, 1.165) is 17.4 Å². The van der Waals surface area contributed by atoms with Crippen LogP contribution in [0, 0.1) is 5.92 Å². The molecule has 0 spiro atoms. The lowest BCUT2D eigenvalue weighted by Crippen LogP contribution is -2.23. The number of amides is 1. The number of methoxy groups -OCH3 is 1. The molecule has 0 aliphatic rings. The Hall–Kier alpha value is -3.11. The molecule has 0 N–H and O–H groups in total. The predicted molar refractivity (Wildman–Crippen MR) is 130 cm³/mol. The molecule has 0 bridgehead atoms. The molecule has 0 aliphatic carbocycles. The first kappa shape index (κ1) is 23.1. The van der Waals surface area contributed by atoms with Crippen LogP contribution in [-0.4, -0.2) is 32.8 Å². The standard InChI is InChI=1S/C23H25N5O3S2/c1-15(2)12-27-21(20-10-7-11-31-20)25-26-23(27)33-14-17-13-32-22(24-17)28(16(3)29)18-8-5-6-9-19(18)30-4/h5-11,13,15H,12,14H2,1-4H3. The summed E-state index contributed by atoms with van der Waals surface area (Å²) in [7, 11) is 1.59. The summed E-state index contributed by atoms with van der Waals surface area (Å²) < 4.78 is 13.1. The van der Waals surface area contributed by atoms with Crippen LogP contribution in [0.4, 0.5) is 10.8 Å². The molecule has 3 aromatic heterocycles. The second kappa shape index (κ2) is 10.2. The van der Waals surface area contributed by atoms with Crippen molar-refractivity contribution in [1.82, 2.24) is 19.7 Å². The van der Waals surface area contributed by atoms with Gasteiger partial charge in [-0.25, -0.2) is 4.98 Å². The summed E-state index contributed by atoms with van der Waals surface area (Å²) in [6.07, 6.45) is 1.63. The number of thiazole rings is 1. The summed E-state index contributed by atoms with van der Waals surface area (Å²) in [6.45, 7) is 6.61. The average molecular weight is 484 g/mol. The molecule has 1 amide bonds. The number of furan rings is 1. The summed E-state index contributed by atoms with van der Waals surface area (Å²) in [5, 5.41) is 12.1. The van der Waals surface area contributed by atoms with Crippen LogP contribution in [-0.2, 0) is 17.1 Å². The molecule has 172 valence electrons. The zero-order valence-electron chi connectivity index (χ0n) is 18.9. The summed E-state index contributed by atoms with van der Waals surface area (Å²) in [5.74, 6) is 2.92. The molecule has 0 saturated carbocycles. The van der Waals surface area contributed by atoms with Crippen molar-refractivity contribution in [3.63, 3.8) is 0 Å². The number of para-hydroxylation sites is 2. The van der Waals surface area contributed by atoms with E-state index in [4.69, 9.17) is 14.1 Å². The quantitative estimate of drug-likeness (QED) is 0.285. The highest BCUT2D eigenvalue weighted by Gasteiger charge is 2.22. The minimum absolute atomic E-state index is 0.132. The zero-order valence-corrected chi connectivity index (χ0v) is 20.5. The van der Waals surface area contributed by atoms with Gasteiger partial charge >= 0.3 is 0 Å². The van der Waals surface area contributed by atoms with E-state index >= 15 is 0 Å². The Kier molecular flexibility index (Phi) is 7.14. The van der Waals surface area contributed by atoms with E-state index in [2.05, 4.69) is 28.6 Å². The van der Waals surface area contributed by atoms with Crippen molar-refractivity contribution < 1.29 is 13.9 Å². The van der Waals surface area contributed by atoms with E-state index in [-0.39, 0.29) is 5.91 Å². The van der Waals surface area contributed by atoms with Crippen LogP contribution < -0.4 is 9.64 Å². The van der Waals surface area contributed by atoms with Crippen molar-refractivity contribution in [3.8, 4) is 17.3 Å². The van der Waals surface area contributed by atoms with E-state index in [1.54, 1.807) is 30.0 Å². The fourth-order valence-corrected chi connectivity index (χ4v) is 5.16. The molecule has 10 heteroatoms. The minimum atomic E-state index is -0.132. The number of hydrogen-bond acceptors (Lipinski definition) is 8. The lowest BCUT2D eigenvalue weighted by atomic mass is 10.2. The van der Waals surface area contributed by atoms with Gasteiger partial charge in [-0.1, -0.05) is 37.7 Å². The highest BCUT2D eigenvalue weighted by molar-refractivity contribution is 7.98. The monoisotopic (exact) mass is 483 g/mol. The Bertz CT molecular complexity index is 1220. The van der Waals surface area contributed by atoms with Gasteiger partial charge in [0.2, 0.25) is 5.91 Å². The number of benzene rings is 1. The number of nitrogens with zero attached hydrogens (tertiary/aromatic N) is 5. The number of anilines is 2. The fraction of sp³-hybridized carbons (Fsp3) is 0.304. The number of aromatic nitrogens is 4. The van der Waals surface area contributed by atoms with Gasteiger partial charge in [0.1, 0.15) is 5.75 Å². The van der Waals surface area contributed by atoms with Gasteiger partial charge < -0.3 is 9.15 Å². The van der Waals surface area contributed by atoms with Gasteiger partial charge in [0.25, 0.3) is 0 Å². The highest BCUT2D eigenvalue weighted by Crippen LogP contribution is 2.36. The van der Waals surface area contributed by atoms with Crippen molar-refractivity contribution in [2.24, 2.45) is 5.92 Å². The van der Waals surface area contributed by atoms with Crippen LogP contribution in [0.25, 0.3) is 11.6 Å². The topological polar surface area (TPSA) is 86.3 Å². The van der Waals surface area contributed by atoms with E-state index in [9.17, 15) is 4.79 Å². The van der Waals surface area contributed by atoms with Gasteiger partial charge in [-0.05, 0) is 30.2 Å². The molecule has 0 aliphatic heterocycles. The Morgan fingerprint density at radius 3 is 2.76 bits per heavy atom. The fourth-order valence-electron chi connectivity index (χ4n) is 3.34. The lowest BCUT2D eigenvalue weighted by molar-refractivity contribution is -0.115. The maximum atomic E-state index is 12.5. The van der Waals surface area contributed by atoms with Crippen LogP contribution >= 0.6 is 23.1 Å². The molecular formula is C23H25N5O3S2. The van der Waals surface area contributed by atoms with Gasteiger partial charge in [0.05, 0.1) is 24.8 Å². The number of hydrogen-bond donors (Lipinski definition) is 0. The summed E-state index contributed by atoms with van der Waals surface area (Å²) in [5.41, 5.74) is 1.53. The molecule has 0 unspecified atom stereocenters. The third-order valence-electron chi connectivity index (χ3n) is 4.73. The van der Waals surface area contributed by atoms with Crippen molar-refractivity contribution in [2.75, 3.05) is 12.0 Å². The van der Waals surface area contributed by atoms with Crippen LogP contribution in [0.5, 0.6) is 5.75 Å². The SMILES string of the molecule is COc1ccccc1N(C(C)=O)c1nc(CSc2nnc(-c3ccco3)n2CC(C)C)cs1. The molecular weight excluding hydrogens is 458 g/mol. The van der Waals surface area contributed by atoms with Gasteiger partial charge in [0.15, 0.2) is 21.9 Å². The first-order valence-electron chi connectivity index (χ1n) is 10.5. The van der Waals surface area contributed by atoms with E-state index in [1.807, 2.05) is 41.8 Å². The lowest BCUT2D eigenvalue weighted by Gasteiger charge is -2.20. The normalized spacial score (nSPS) is 11.2. The Morgan fingerprint density at radius 2 is 2.06 bits per heavy atom. The summed E-state index contributed by atoms with van der Waals surface area (Å²) >= 11 is 2.98. The molecule has 0 radical (unpaired) electrons. The van der Waals surface area contributed by atoms with Crippen LogP contribution in [0.1, 0.15) is 26.5 Å². The number of ether oxygens (including phenoxy) is 1. The van der Waals surface area contributed by atoms with E-state index in [0.29, 0.717) is 39.8 Å². The Labute approximate surface area is 200 Å². The van der Waals surface area contributed by atoms with Crippen molar-refractivity contribution in [2.45, 2.75) is 38.2 Å². The average Bonchev–Trinajstić information content (AvgIpc) is 3.54. The molecule has 4 rings (SSSR count). The second-order valence-electron chi connectivity index (χ2n) is 7.72. The third-order valence-corrected chi connectivity index (χ3v) is 6.60. The molecule has 8 nitrogen and oxygen atoms in total. The van der Waals surface area contributed by atoms with Crippen LogP contribution in [0.2, 0.25) is 0 Å². The number of carbonyl (C=O) groups excluding carboxylic acids is 1. The van der Waals surface area contributed by atoms with Gasteiger partial charge in [-0.15, -0.1) is 21.5 Å². The van der Waals surface area contributed by atoms with Gasteiger partial charge in [0, 0.05) is 24.6 Å². The maximum absolute atomic E-state index is 12.5. The molecule has 0 saturated heterocycles. The highest BCUT2D eigenvalue weighted by atomic mass is 32.2. The Morgan fingerprint density at radius 1 is 1.24 bits per heavy atom. The van der Waals surface area contributed by atoms with Crippen molar-refractivity contribution >= 4 is 39.8 Å². The molecule has 33 heavy (non-hydrogen) atoms. The van der Waals surface area contributed by atoms with Crippen molar-refractivity contribution in [1.29, 1.82) is 0 Å². The van der Waals surface area contributed by atoms with E-state index < -0.39 is 0 Å². The van der Waals surface area contributed by atoms with Gasteiger partial charge in [-0.2, -0.15) is 0 Å². The smallest absolute Gasteiger partial charge is 0.230 e. The largest absolute Gasteiger partial charge is 0.495 e. The number of carbonyl (C=O) groups is 1. The number of rotatable bonds is 9. The van der Waals surface area contributed by atoms with Gasteiger partial charge in [-0.3, -0.25) is 14.3 Å². The zero-order chi connectivity index (χ0) is 23.4. The summed E-state index contributed by atoms with van der Waals surface area (Å²) in [6, 6.07) is 11.1. The molecule has 0 atom stereocenters. The molecule has 3 heterocycles. The van der Waals surface area contributed by atoms with Crippen LogP contribution in [0.3, 0.4) is 0 Å².